The molecule has 2 heterocycles. The standard InChI is InChI=1S/C15H17NOS/c1-11-14(12-7-4-3-5-8-12)17-15(16(11)2)13-9-6-10-18-13/h3-11,14-15H,1-2H3/t11-,14-,15-/m1/s1. The van der Waals surface area contributed by atoms with Gasteiger partial charge in [0, 0.05) is 10.9 Å². The predicted octanol–water partition coefficient (Wildman–Crippen LogP) is 3.84. The monoisotopic (exact) mass is 259 g/mol. The minimum atomic E-state index is 0.0882. The van der Waals surface area contributed by atoms with E-state index in [1.54, 1.807) is 11.3 Å². The average molecular weight is 259 g/mol. The lowest BCUT2D eigenvalue weighted by Gasteiger charge is -2.20. The van der Waals surface area contributed by atoms with Gasteiger partial charge in [0.05, 0.1) is 0 Å². The fourth-order valence-electron chi connectivity index (χ4n) is 2.48. The summed E-state index contributed by atoms with van der Waals surface area (Å²) in [4.78, 5) is 3.59. The number of hydrogen-bond donors (Lipinski definition) is 0. The summed E-state index contributed by atoms with van der Waals surface area (Å²) in [6, 6.07) is 15.1. The van der Waals surface area contributed by atoms with Crippen LogP contribution in [0.1, 0.15) is 29.7 Å². The van der Waals surface area contributed by atoms with Crippen LogP contribution in [0.15, 0.2) is 47.8 Å². The molecule has 1 aliphatic rings. The van der Waals surface area contributed by atoms with Crippen LogP contribution in [0.2, 0.25) is 0 Å². The van der Waals surface area contributed by atoms with Crippen molar-refractivity contribution in [3.63, 3.8) is 0 Å². The second-order valence-electron chi connectivity index (χ2n) is 4.74. The molecule has 0 spiro atoms. The highest BCUT2D eigenvalue weighted by molar-refractivity contribution is 7.10. The molecular weight excluding hydrogens is 242 g/mol. The highest BCUT2D eigenvalue weighted by Gasteiger charge is 2.38. The third kappa shape index (κ3) is 1.99. The molecule has 1 fully saturated rings. The van der Waals surface area contributed by atoms with Gasteiger partial charge >= 0.3 is 0 Å². The van der Waals surface area contributed by atoms with Gasteiger partial charge in [-0.15, -0.1) is 11.3 Å². The van der Waals surface area contributed by atoms with Gasteiger partial charge < -0.3 is 4.74 Å². The highest BCUT2D eigenvalue weighted by atomic mass is 32.1. The fourth-order valence-corrected chi connectivity index (χ4v) is 3.28. The molecule has 1 aromatic heterocycles. The van der Waals surface area contributed by atoms with Gasteiger partial charge in [0.2, 0.25) is 0 Å². The van der Waals surface area contributed by atoms with Crippen LogP contribution in [0.5, 0.6) is 0 Å². The van der Waals surface area contributed by atoms with Crippen molar-refractivity contribution in [1.82, 2.24) is 4.90 Å². The van der Waals surface area contributed by atoms with E-state index in [9.17, 15) is 0 Å². The van der Waals surface area contributed by atoms with Gasteiger partial charge in [-0.1, -0.05) is 36.4 Å². The van der Waals surface area contributed by atoms with Crippen LogP contribution in [0.25, 0.3) is 0 Å². The molecule has 1 aromatic carbocycles. The van der Waals surface area contributed by atoms with Gasteiger partial charge in [-0.25, -0.2) is 0 Å². The molecule has 0 saturated carbocycles. The first-order chi connectivity index (χ1) is 8.77. The molecule has 0 aliphatic carbocycles. The summed E-state index contributed by atoms with van der Waals surface area (Å²) in [6.07, 6.45) is 0.244. The Morgan fingerprint density at radius 1 is 1.11 bits per heavy atom. The lowest BCUT2D eigenvalue weighted by atomic mass is 10.0. The van der Waals surface area contributed by atoms with E-state index in [0.29, 0.717) is 6.04 Å². The average Bonchev–Trinajstić information content (AvgIpc) is 3.01. The first-order valence-corrected chi connectivity index (χ1v) is 7.11. The van der Waals surface area contributed by atoms with Crippen molar-refractivity contribution in [3.8, 4) is 0 Å². The Morgan fingerprint density at radius 3 is 2.56 bits per heavy atom. The third-order valence-electron chi connectivity index (χ3n) is 3.64. The molecule has 0 radical (unpaired) electrons. The van der Waals surface area contributed by atoms with Crippen molar-refractivity contribution in [3.05, 3.63) is 58.3 Å². The number of nitrogens with zero attached hydrogens (tertiary/aromatic N) is 1. The van der Waals surface area contributed by atoms with E-state index in [1.807, 2.05) is 6.07 Å². The molecule has 0 unspecified atom stereocenters. The van der Waals surface area contributed by atoms with Crippen LogP contribution in [0, 0.1) is 0 Å². The van der Waals surface area contributed by atoms with Crippen LogP contribution in [-0.4, -0.2) is 18.0 Å². The minimum absolute atomic E-state index is 0.0882. The first kappa shape index (κ1) is 11.9. The maximum atomic E-state index is 6.25. The lowest BCUT2D eigenvalue weighted by Crippen LogP contribution is -2.26. The molecular formula is C15H17NOS. The van der Waals surface area contributed by atoms with E-state index in [4.69, 9.17) is 4.74 Å². The molecule has 3 heteroatoms. The number of hydrogen-bond acceptors (Lipinski definition) is 3. The maximum Gasteiger partial charge on any atom is 0.147 e. The SMILES string of the molecule is C[C@@H]1[C@H](c2ccccc2)O[C@H](c2cccs2)N1C. The Balaban J connectivity index is 1.87. The summed E-state index contributed by atoms with van der Waals surface area (Å²) < 4.78 is 6.25. The quantitative estimate of drug-likeness (QED) is 0.812. The van der Waals surface area contributed by atoms with E-state index in [0.717, 1.165) is 0 Å². The van der Waals surface area contributed by atoms with Crippen LogP contribution < -0.4 is 0 Å². The number of rotatable bonds is 2. The number of ether oxygens (including phenoxy) is 1. The molecule has 2 aromatic rings. The molecule has 0 N–H and O–H groups in total. The molecule has 1 aliphatic heterocycles. The maximum absolute atomic E-state index is 6.25. The third-order valence-corrected chi connectivity index (χ3v) is 4.54. The topological polar surface area (TPSA) is 12.5 Å². The summed E-state index contributed by atoms with van der Waals surface area (Å²) in [6.45, 7) is 2.23. The molecule has 94 valence electrons. The van der Waals surface area contributed by atoms with Crippen molar-refractivity contribution in [2.24, 2.45) is 0 Å². The normalized spacial score (nSPS) is 28.7. The van der Waals surface area contributed by atoms with E-state index >= 15 is 0 Å². The van der Waals surface area contributed by atoms with Crippen molar-refractivity contribution >= 4 is 11.3 Å². The van der Waals surface area contributed by atoms with Gasteiger partial charge in [0.1, 0.15) is 12.3 Å². The second kappa shape index (κ2) is 4.84. The number of thiophene rings is 1. The molecule has 3 atom stereocenters. The van der Waals surface area contributed by atoms with Crippen LogP contribution >= 0.6 is 11.3 Å². The van der Waals surface area contributed by atoms with E-state index < -0.39 is 0 Å². The molecule has 18 heavy (non-hydrogen) atoms. The number of likely N-dealkylation sites (N-methyl/N-ethyl adjacent to an activating group) is 1. The van der Waals surface area contributed by atoms with Gasteiger partial charge in [0.15, 0.2) is 0 Å². The molecule has 0 amide bonds. The highest BCUT2D eigenvalue weighted by Crippen LogP contribution is 2.42. The van der Waals surface area contributed by atoms with E-state index in [1.165, 1.54) is 10.4 Å². The Kier molecular flexibility index (Phi) is 3.20. The van der Waals surface area contributed by atoms with Crippen molar-refractivity contribution in [1.29, 1.82) is 0 Å². The summed E-state index contributed by atoms with van der Waals surface area (Å²) in [7, 11) is 2.14. The smallest absolute Gasteiger partial charge is 0.147 e. The summed E-state index contributed by atoms with van der Waals surface area (Å²) >= 11 is 1.76. The molecule has 2 nitrogen and oxygen atoms in total. The molecule has 0 bridgehead atoms. The molecule has 1 saturated heterocycles. The van der Waals surface area contributed by atoms with E-state index in [-0.39, 0.29) is 12.3 Å². The Morgan fingerprint density at radius 2 is 1.89 bits per heavy atom. The first-order valence-electron chi connectivity index (χ1n) is 6.23. The summed E-state index contributed by atoms with van der Waals surface area (Å²) in [5.74, 6) is 0. The summed E-state index contributed by atoms with van der Waals surface area (Å²) in [5, 5.41) is 2.10. The van der Waals surface area contributed by atoms with Crippen molar-refractivity contribution in [2.75, 3.05) is 7.05 Å². The Bertz CT molecular complexity index is 496. The van der Waals surface area contributed by atoms with Crippen LogP contribution in [0.4, 0.5) is 0 Å². The van der Waals surface area contributed by atoms with Crippen LogP contribution in [0.3, 0.4) is 0 Å². The Labute approximate surface area is 112 Å². The minimum Gasteiger partial charge on any atom is -0.348 e. The predicted molar refractivity (Wildman–Crippen MR) is 74.6 cm³/mol. The molecule has 3 rings (SSSR count). The van der Waals surface area contributed by atoms with Crippen molar-refractivity contribution in [2.45, 2.75) is 25.3 Å². The van der Waals surface area contributed by atoms with Crippen molar-refractivity contribution < 1.29 is 4.74 Å². The number of benzene rings is 1. The zero-order valence-electron chi connectivity index (χ0n) is 10.6. The lowest BCUT2D eigenvalue weighted by molar-refractivity contribution is 0.00809. The van der Waals surface area contributed by atoms with Gasteiger partial charge in [-0.05, 0) is 31.0 Å². The van der Waals surface area contributed by atoms with Crippen LogP contribution in [-0.2, 0) is 4.74 Å². The zero-order chi connectivity index (χ0) is 12.5. The summed E-state index contributed by atoms with van der Waals surface area (Å²) in [5.41, 5.74) is 1.26. The van der Waals surface area contributed by atoms with E-state index in [2.05, 4.69) is 60.6 Å². The van der Waals surface area contributed by atoms with Gasteiger partial charge in [-0.3, -0.25) is 4.90 Å². The Hall–Kier alpha value is -1.16. The van der Waals surface area contributed by atoms with Gasteiger partial charge in [0.25, 0.3) is 0 Å². The largest absolute Gasteiger partial charge is 0.348 e. The fraction of sp³-hybridized carbons (Fsp3) is 0.333. The van der Waals surface area contributed by atoms with Gasteiger partial charge in [-0.2, -0.15) is 0 Å². The second-order valence-corrected chi connectivity index (χ2v) is 5.72. The zero-order valence-corrected chi connectivity index (χ0v) is 11.4.